The lowest BCUT2D eigenvalue weighted by molar-refractivity contribution is 0.444. The molecule has 2 fully saturated rings. The van der Waals surface area contributed by atoms with Crippen molar-refractivity contribution >= 4 is 38.9 Å². The van der Waals surface area contributed by atoms with E-state index in [0.717, 1.165) is 17.1 Å². The Morgan fingerprint density at radius 1 is 0.287 bits per heavy atom. The molecule has 4 aliphatic rings. The molecule has 0 aliphatic heterocycles. The topological polar surface area (TPSA) is 8.17 Å². The van der Waals surface area contributed by atoms with Crippen LogP contribution in [-0.4, -0.2) is 4.57 Å². The van der Waals surface area contributed by atoms with Gasteiger partial charge in [0.1, 0.15) is 0 Å². The fraction of sp³-hybridized carbons (Fsp3) is 0.153. The van der Waals surface area contributed by atoms with Gasteiger partial charge < -0.3 is 9.47 Å². The predicted octanol–water partition coefficient (Wildman–Crippen LogP) is 23.4. The van der Waals surface area contributed by atoms with Crippen molar-refractivity contribution in [3.05, 3.63) is 312 Å². The summed E-state index contributed by atoms with van der Waals surface area (Å²) in [6.45, 7) is 0. The van der Waals surface area contributed by atoms with Gasteiger partial charge in [-0.25, -0.2) is 0 Å². The Labute approximate surface area is 511 Å². The third-order valence-electron chi connectivity index (χ3n) is 20.5. The molecule has 12 aromatic carbocycles. The van der Waals surface area contributed by atoms with Crippen LogP contribution in [0.25, 0.3) is 94.3 Å². The molecule has 0 atom stereocenters. The zero-order valence-corrected chi connectivity index (χ0v) is 49.2. The molecule has 4 aliphatic carbocycles. The Balaban J connectivity index is 0.734. The van der Waals surface area contributed by atoms with E-state index in [2.05, 4.69) is 289 Å². The van der Waals surface area contributed by atoms with Gasteiger partial charge in [-0.3, -0.25) is 0 Å². The number of fused-ring (bicyclic) bond motifs is 13. The van der Waals surface area contributed by atoms with Crippen molar-refractivity contribution in [1.82, 2.24) is 4.57 Å². The second kappa shape index (κ2) is 21.3. The summed E-state index contributed by atoms with van der Waals surface area (Å²) in [4.78, 5) is 2.50. The van der Waals surface area contributed by atoms with E-state index in [4.69, 9.17) is 0 Å². The second-order valence-electron chi connectivity index (χ2n) is 25.1. The molecular weight excluding hydrogens is 1050 g/mol. The molecule has 2 heteroatoms. The normalized spacial score (nSPS) is 15.1. The minimum absolute atomic E-state index is 0.471. The van der Waals surface area contributed by atoms with Crippen LogP contribution in [-0.2, 0) is 5.41 Å². The standard InChI is InChI=1S/C85H68N2/c1-4-20-57(21-5-1)64-44-52-83-76(54-64)77-55-65(58-22-6-2-7-23-58)45-53-84(77)87(83)67-48-42-62(43-49-67)60-38-36-59(37-39-60)61-40-46-66(47-41-61)86(82-35-19-15-31-75(82)70-27-11-10-26-69(70)63-24-8-3-9-25-63)68-50-51-74-73-30-14-18-34-80(73)85(81(74)56-68)78-32-16-12-28-71(78)72-29-13-17-33-79(72)85/h3,8-19,24-58H,1-2,4-7,20-23H2. The van der Waals surface area contributed by atoms with Crippen LogP contribution in [0.15, 0.2) is 279 Å². The molecule has 0 radical (unpaired) electrons. The van der Waals surface area contributed by atoms with E-state index in [0.29, 0.717) is 11.8 Å². The molecule has 1 heterocycles. The van der Waals surface area contributed by atoms with Gasteiger partial charge in [-0.05, 0) is 199 Å². The summed E-state index contributed by atoms with van der Waals surface area (Å²) in [5.74, 6) is 1.34. The lowest BCUT2D eigenvalue weighted by atomic mass is 9.70. The summed E-state index contributed by atoms with van der Waals surface area (Å²) in [7, 11) is 0. The predicted molar refractivity (Wildman–Crippen MR) is 365 cm³/mol. The summed E-state index contributed by atoms with van der Waals surface area (Å²) < 4.78 is 2.52. The van der Waals surface area contributed by atoms with E-state index in [1.54, 1.807) is 0 Å². The molecule has 17 rings (SSSR count). The van der Waals surface area contributed by atoms with Gasteiger partial charge in [0.2, 0.25) is 0 Å². The van der Waals surface area contributed by atoms with Crippen molar-refractivity contribution < 1.29 is 0 Å². The van der Waals surface area contributed by atoms with Crippen LogP contribution in [0.4, 0.5) is 17.1 Å². The number of rotatable bonds is 10. The van der Waals surface area contributed by atoms with Gasteiger partial charge in [-0.2, -0.15) is 0 Å². The highest BCUT2D eigenvalue weighted by Crippen LogP contribution is 2.63. The maximum atomic E-state index is 2.57. The number of anilines is 3. The van der Waals surface area contributed by atoms with Crippen LogP contribution < -0.4 is 4.90 Å². The Morgan fingerprint density at radius 2 is 0.701 bits per heavy atom. The molecular formula is C85H68N2. The van der Waals surface area contributed by atoms with Gasteiger partial charge in [0, 0.05) is 33.4 Å². The van der Waals surface area contributed by atoms with Crippen LogP contribution >= 0.6 is 0 Å². The van der Waals surface area contributed by atoms with Crippen LogP contribution in [0.2, 0.25) is 0 Å². The number of hydrogen-bond acceptors (Lipinski definition) is 1. The van der Waals surface area contributed by atoms with Crippen molar-refractivity contribution in [2.24, 2.45) is 0 Å². The van der Waals surface area contributed by atoms with Crippen LogP contribution in [0, 0.1) is 0 Å². The number of benzene rings is 12. The Hall–Kier alpha value is -9.76. The highest BCUT2D eigenvalue weighted by Gasteiger charge is 2.51. The molecule has 418 valence electrons. The lowest BCUT2D eigenvalue weighted by Crippen LogP contribution is -2.26. The summed E-state index contributed by atoms with van der Waals surface area (Å²) in [6.07, 6.45) is 13.4. The van der Waals surface area contributed by atoms with Gasteiger partial charge >= 0.3 is 0 Å². The van der Waals surface area contributed by atoms with Gasteiger partial charge in [0.15, 0.2) is 0 Å². The number of aromatic nitrogens is 1. The monoisotopic (exact) mass is 1120 g/mol. The van der Waals surface area contributed by atoms with Gasteiger partial charge in [-0.1, -0.05) is 251 Å². The van der Waals surface area contributed by atoms with E-state index >= 15 is 0 Å². The van der Waals surface area contributed by atoms with Crippen molar-refractivity contribution in [2.45, 2.75) is 81.5 Å². The average Bonchev–Trinajstić information content (AvgIpc) is 1.54. The first-order chi connectivity index (χ1) is 43.2. The SMILES string of the molecule is c1ccc(-c2ccccc2-c2ccccc2N(c2ccc(-c3ccc(-c4ccc(-n5c6ccc(C7CCCCC7)cc6c6cc(C7CCCCC7)ccc65)cc4)cc3)cc2)c2ccc3c(c2)C2(c4ccccc4-c4ccccc42)c2ccccc2-3)cc1. The average molecular weight is 1120 g/mol. The van der Waals surface area contributed by atoms with E-state index in [9.17, 15) is 0 Å². The van der Waals surface area contributed by atoms with Gasteiger partial charge in [0.05, 0.1) is 22.1 Å². The van der Waals surface area contributed by atoms with Crippen molar-refractivity contribution in [3.8, 4) is 72.4 Å². The molecule has 1 spiro atoms. The number of nitrogens with zero attached hydrogens (tertiary/aromatic N) is 2. The third kappa shape index (κ3) is 8.51. The molecule has 0 saturated heterocycles. The zero-order valence-electron chi connectivity index (χ0n) is 49.2. The fourth-order valence-corrected chi connectivity index (χ4v) is 16.3. The first-order valence-electron chi connectivity index (χ1n) is 32.0. The number of hydrogen-bond donors (Lipinski definition) is 0. The Morgan fingerprint density at radius 3 is 1.23 bits per heavy atom. The molecule has 87 heavy (non-hydrogen) atoms. The van der Waals surface area contributed by atoms with E-state index in [-0.39, 0.29) is 0 Å². The minimum atomic E-state index is -0.471. The van der Waals surface area contributed by atoms with E-state index in [1.807, 2.05) is 0 Å². The molecule has 0 N–H and O–H groups in total. The van der Waals surface area contributed by atoms with Crippen molar-refractivity contribution in [3.63, 3.8) is 0 Å². The minimum Gasteiger partial charge on any atom is -0.310 e. The summed E-state index contributed by atoms with van der Waals surface area (Å²) in [6, 6.07) is 106. The summed E-state index contributed by atoms with van der Waals surface area (Å²) in [5, 5.41) is 2.82. The van der Waals surface area contributed by atoms with E-state index in [1.165, 1.54) is 192 Å². The highest BCUT2D eigenvalue weighted by atomic mass is 15.1. The summed E-state index contributed by atoms with van der Waals surface area (Å²) >= 11 is 0. The highest BCUT2D eigenvalue weighted by molar-refractivity contribution is 6.10. The molecule has 0 amide bonds. The third-order valence-corrected chi connectivity index (χ3v) is 20.5. The largest absolute Gasteiger partial charge is 0.310 e. The first-order valence-corrected chi connectivity index (χ1v) is 32.0. The maximum absolute atomic E-state index is 2.57. The number of para-hydroxylation sites is 1. The van der Waals surface area contributed by atoms with Crippen molar-refractivity contribution in [1.29, 1.82) is 0 Å². The maximum Gasteiger partial charge on any atom is 0.0726 e. The Kier molecular flexibility index (Phi) is 12.7. The molecule has 13 aromatic rings. The molecule has 1 aromatic heterocycles. The Bertz CT molecular complexity index is 4600. The molecule has 0 bridgehead atoms. The lowest BCUT2D eigenvalue weighted by Gasteiger charge is -2.33. The van der Waals surface area contributed by atoms with Crippen LogP contribution in [0.3, 0.4) is 0 Å². The van der Waals surface area contributed by atoms with Gasteiger partial charge in [0.25, 0.3) is 0 Å². The van der Waals surface area contributed by atoms with E-state index < -0.39 is 5.41 Å². The van der Waals surface area contributed by atoms with Crippen LogP contribution in [0.1, 0.15) is 109 Å². The second-order valence-corrected chi connectivity index (χ2v) is 25.1. The quantitative estimate of drug-likeness (QED) is 0.132. The van der Waals surface area contributed by atoms with Crippen molar-refractivity contribution in [2.75, 3.05) is 4.90 Å². The zero-order chi connectivity index (χ0) is 57.4. The van der Waals surface area contributed by atoms with Gasteiger partial charge in [-0.15, -0.1) is 0 Å². The van der Waals surface area contributed by atoms with Crippen LogP contribution in [0.5, 0.6) is 0 Å². The molecule has 2 saturated carbocycles. The molecule has 0 unspecified atom stereocenters. The fourth-order valence-electron chi connectivity index (χ4n) is 16.3. The first kappa shape index (κ1) is 51.6. The molecule has 2 nitrogen and oxygen atoms in total. The summed E-state index contributed by atoms with van der Waals surface area (Å²) in [5.41, 5.74) is 29.8. The smallest absolute Gasteiger partial charge is 0.0726 e.